The standard InChI is InChI=1S/C22H45N/c1-3-5-7-16-20-23(21-17-8-6-4-2)22-18-14-12-10-9-11-13-15-19-22/h22H,3-21H2,1-2H3. The molecule has 0 atom stereocenters. The summed E-state index contributed by atoms with van der Waals surface area (Å²) in [7, 11) is 0. The third kappa shape index (κ3) is 11.2. The Hall–Kier alpha value is -0.0400. The van der Waals surface area contributed by atoms with E-state index in [9.17, 15) is 0 Å². The SMILES string of the molecule is CCCCCCN(CCCCCC)C1CCCCCCCCC1. The Morgan fingerprint density at radius 1 is 0.565 bits per heavy atom. The second-order valence-electron chi connectivity index (χ2n) is 7.86. The molecule has 0 amide bonds. The molecule has 1 fully saturated rings. The smallest absolute Gasteiger partial charge is 0.00952 e. The van der Waals surface area contributed by atoms with E-state index in [0.29, 0.717) is 0 Å². The summed E-state index contributed by atoms with van der Waals surface area (Å²) in [5, 5.41) is 0. The van der Waals surface area contributed by atoms with Crippen molar-refractivity contribution in [3.63, 3.8) is 0 Å². The van der Waals surface area contributed by atoms with Crippen LogP contribution >= 0.6 is 0 Å². The van der Waals surface area contributed by atoms with Gasteiger partial charge in [0.2, 0.25) is 0 Å². The molecule has 1 aliphatic rings. The molecule has 0 aromatic rings. The highest BCUT2D eigenvalue weighted by atomic mass is 15.1. The predicted molar refractivity (Wildman–Crippen MR) is 105 cm³/mol. The molecule has 1 rings (SSSR count). The highest BCUT2D eigenvalue weighted by Gasteiger charge is 2.18. The molecule has 1 heteroatoms. The quantitative estimate of drug-likeness (QED) is 0.359. The summed E-state index contributed by atoms with van der Waals surface area (Å²) in [4.78, 5) is 2.91. The summed E-state index contributed by atoms with van der Waals surface area (Å²) in [6.07, 6.45) is 24.6. The van der Waals surface area contributed by atoms with E-state index in [4.69, 9.17) is 0 Å². The molecule has 138 valence electrons. The molecule has 1 nitrogen and oxygen atoms in total. The van der Waals surface area contributed by atoms with E-state index in [1.54, 1.807) is 0 Å². The van der Waals surface area contributed by atoms with Crippen molar-refractivity contribution in [1.29, 1.82) is 0 Å². The fourth-order valence-corrected chi connectivity index (χ4v) is 4.11. The van der Waals surface area contributed by atoms with Gasteiger partial charge in [-0.2, -0.15) is 0 Å². The van der Waals surface area contributed by atoms with Crippen molar-refractivity contribution >= 4 is 0 Å². The molecular formula is C22H45N. The second-order valence-corrected chi connectivity index (χ2v) is 7.86. The summed E-state index contributed by atoms with van der Waals surface area (Å²) < 4.78 is 0. The average molecular weight is 324 g/mol. The van der Waals surface area contributed by atoms with Crippen molar-refractivity contribution in [1.82, 2.24) is 4.90 Å². The van der Waals surface area contributed by atoms with Crippen LogP contribution in [-0.4, -0.2) is 24.0 Å². The van der Waals surface area contributed by atoms with Crippen LogP contribution in [0.2, 0.25) is 0 Å². The third-order valence-corrected chi connectivity index (χ3v) is 5.69. The van der Waals surface area contributed by atoms with Crippen molar-refractivity contribution in [2.75, 3.05) is 13.1 Å². The highest BCUT2D eigenvalue weighted by Crippen LogP contribution is 2.22. The van der Waals surface area contributed by atoms with Gasteiger partial charge in [0.15, 0.2) is 0 Å². The number of nitrogens with zero attached hydrogens (tertiary/aromatic N) is 1. The lowest BCUT2D eigenvalue weighted by Crippen LogP contribution is -2.37. The van der Waals surface area contributed by atoms with Gasteiger partial charge in [0.25, 0.3) is 0 Å². The van der Waals surface area contributed by atoms with Crippen molar-refractivity contribution in [2.45, 2.75) is 129 Å². The summed E-state index contributed by atoms with van der Waals surface area (Å²) in [5.74, 6) is 0. The van der Waals surface area contributed by atoms with Crippen molar-refractivity contribution in [2.24, 2.45) is 0 Å². The van der Waals surface area contributed by atoms with Gasteiger partial charge in [-0.1, -0.05) is 97.3 Å². The molecule has 1 saturated carbocycles. The molecule has 0 bridgehead atoms. The fourth-order valence-electron chi connectivity index (χ4n) is 4.11. The molecule has 0 aromatic heterocycles. The van der Waals surface area contributed by atoms with Crippen molar-refractivity contribution in [3.05, 3.63) is 0 Å². The van der Waals surface area contributed by atoms with E-state index in [2.05, 4.69) is 18.7 Å². The molecular weight excluding hydrogens is 278 g/mol. The van der Waals surface area contributed by atoms with Gasteiger partial charge in [-0.3, -0.25) is 0 Å². The monoisotopic (exact) mass is 323 g/mol. The van der Waals surface area contributed by atoms with Crippen LogP contribution in [0.15, 0.2) is 0 Å². The van der Waals surface area contributed by atoms with Gasteiger partial charge in [-0.05, 0) is 38.8 Å². The fraction of sp³-hybridized carbons (Fsp3) is 1.00. The minimum absolute atomic E-state index is 0.899. The Morgan fingerprint density at radius 2 is 1.00 bits per heavy atom. The molecule has 1 aliphatic carbocycles. The van der Waals surface area contributed by atoms with Gasteiger partial charge in [0.05, 0.1) is 0 Å². The van der Waals surface area contributed by atoms with Gasteiger partial charge in [0, 0.05) is 6.04 Å². The number of hydrogen-bond donors (Lipinski definition) is 0. The van der Waals surface area contributed by atoms with Crippen molar-refractivity contribution < 1.29 is 0 Å². The summed E-state index contributed by atoms with van der Waals surface area (Å²) in [6.45, 7) is 7.39. The van der Waals surface area contributed by atoms with E-state index in [-0.39, 0.29) is 0 Å². The molecule has 0 aliphatic heterocycles. The van der Waals surface area contributed by atoms with Crippen molar-refractivity contribution in [3.8, 4) is 0 Å². The van der Waals surface area contributed by atoms with Crippen LogP contribution < -0.4 is 0 Å². The van der Waals surface area contributed by atoms with Gasteiger partial charge in [-0.15, -0.1) is 0 Å². The molecule has 0 aromatic carbocycles. The zero-order valence-electron chi connectivity index (χ0n) is 16.5. The molecule has 0 unspecified atom stereocenters. The van der Waals surface area contributed by atoms with Crippen LogP contribution in [0, 0.1) is 0 Å². The average Bonchev–Trinajstić information content (AvgIpc) is 2.58. The van der Waals surface area contributed by atoms with Gasteiger partial charge in [-0.25, -0.2) is 0 Å². The first-order valence-corrected chi connectivity index (χ1v) is 11.1. The van der Waals surface area contributed by atoms with Crippen LogP contribution in [0.3, 0.4) is 0 Å². The van der Waals surface area contributed by atoms with Crippen LogP contribution in [0.4, 0.5) is 0 Å². The first kappa shape index (κ1) is 21.0. The second kappa shape index (κ2) is 15.5. The summed E-state index contributed by atoms with van der Waals surface area (Å²) in [5.41, 5.74) is 0. The van der Waals surface area contributed by atoms with E-state index in [1.165, 1.54) is 122 Å². The third-order valence-electron chi connectivity index (χ3n) is 5.69. The molecule has 0 heterocycles. The molecule has 0 radical (unpaired) electrons. The van der Waals surface area contributed by atoms with Crippen LogP contribution in [0.25, 0.3) is 0 Å². The van der Waals surface area contributed by atoms with Gasteiger partial charge < -0.3 is 4.90 Å². The first-order chi connectivity index (χ1) is 11.4. The Kier molecular flexibility index (Phi) is 14.1. The largest absolute Gasteiger partial charge is 0.300 e. The van der Waals surface area contributed by atoms with Gasteiger partial charge >= 0.3 is 0 Å². The minimum Gasteiger partial charge on any atom is -0.300 e. The van der Waals surface area contributed by atoms with Crippen LogP contribution in [0.5, 0.6) is 0 Å². The van der Waals surface area contributed by atoms with E-state index in [1.807, 2.05) is 0 Å². The van der Waals surface area contributed by atoms with E-state index in [0.717, 1.165) is 6.04 Å². The van der Waals surface area contributed by atoms with E-state index < -0.39 is 0 Å². The first-order valence-electron chi connectivity index (χ1n) is 11.1. The molecule has 0 saturated heterocycles. The number of hydrogen-bond acceptors (Lipinski definition) is 1. The maximum Gasteiger partial charge on any atom is 0.00952 e. The maximum absolute atomic E-state index is 2.91. The zero-order valence-corrected chi connectivity index (χ0v) is 16.5. The minimum atomic E-state index is 0.899. The predicted octanol–water partition coefficient (Wildman–Crippen LogP) is 7.34. The van der Waals surface area contributed by atoms with E-state index >= 15 is 0 Å². The Balaban J connectivity index is 2.42. The van der Waals surface area contributed by atoms with Gasteiger partial charge in [0.1, 0.15) is 0 Å². The highest BCUT2D eigenvalue weighted by molar-refractivity contribution is 4.73. The summed E-state index contributed by atoms with van der Waals surface area (Å²) in [6, 6.07) is 0.899. The lowest BCUT2D eigenvalue weighted by atomic mass is 9.96. The Morgan fingerprint density at radius 3 is 1.43 bits per heavy atom. The lowest BCUT2D eigenvalue weighted by Gasteiger charge is -2.33. The zero-order chi connectivity index (χ0) is 16.6. The number of rotatable bonds is 11. The number of unbranched alkanes of at least 4 members (excludes halogenated alkanes) is 6. The van der Waals surface area contributed by atoms with Crippen LogP contribution in [0.1, 0.15) is 123 Å². The lowest BCUT2D eigenvalue weighted by molar-refractivity contribution is 0.162. The normalized spacial score (nSPS) is 18.4. The topological polar surface area (TPSA) is 3.24 Å². The Labute approximate surface area is 147 Å². The summed E-state index contributed by atoms with van der Waals surface area (Å²) >= 11 is 0. The Bertz CT molecular complexity index is 216. The maximum atomic E-state index is 2.91. The van der Waals surface area contributed by atoms with Crippen LogP contribution in [-0.2, 0) is 0 Å². The molecule has 0 N–H and O–H groups in total. The molecule has 23 heavy (non-hydrogen) atoms. The molecule has 0 spiro atoms.